The second-order valence-corrected chi connectivity index (χ2v) is 11.4. The van der Waals surface area contributed by atoms with Crippen molar-refractivity contribution in [1.29, 1.82) is 0 Å². The van der Waals surface area contributed by atoms with Gasteiger partial charge in [-0.15, -0.1) is 0 Å². The van der Waals surface area contributed by atoms with Crippen LogP contribution in [0.15, 0.2) is 87.7 Å². The Morgan fingerprint density at radius 3 is 2.50 bits per heavy atom. The van der Waals surface area contributed by atoms with Gasteiger partial charge in [0.15, 0.2) is 5.03 Å². The fraction of sp³-hybridized carbons (Fsp3) is 0.185. The van der Waals surface area contributed by atoms with Gasteiger partial charge in [-0.25, -0.2) is 13.4 Å². The van der Waals surface area contributed by atoms with Crippen molar-refractivity contribution in [3.8, 4) is 17.1 Å². The van der Waals surface area contributed by atoms with Crippen LogP contribution in [0.4, 0.5) is 5.69 Å². The molecule has 9 heteroatoms. The average Bonchev–Trinajstić information content (AvgIpc) is 3.33. The second-order valence-electron chi connectivity index (χ2n) is 8.56. The lowest BCUT2D eigenvalue weighted by Crippen LogP contribution is -2.39. The third kappa shape index (κ3) is 4.76. The van der Waals surface area contributed by atoms with E-state index in [0.717, 1.165) is 34.1 Å². The van der Waals surface area contributed by atoms with E-state index in [9.17, 15) is 13.2 Å². The van der Waals surface area contributed by atoms with Gasteiger partial charge in [0.05, 0.1) is 22.9 Å². The molecule has 0 saturated carbocycles. The van der Waals surface area contributed by atoms with E-state index in [1.807, 2.05) is 56.3 Å². The van der Waals surface area contributed by atoms with Crippen molar-refractivity contribution in [3.05, 3.63) is 83.9 Å². The Bertz CT molecular complexity index is 1510. The molecule has 1 N–H and O–H groups in total. The predicted molar refractivity (Wildman–Crippen MR) is 140 cm³/mol. The van der Waals surface area contributed by atoms with Gasteiger partial charge >= 0.3 is 0 Å². The first-order valence-electron chi connectivity index (χ1n) is 11.5. The van der Waals surface area contributed by atoms with Gasteiger partial charge in [0.2, 0.25) is 15.7 Å². The minimum Gasteiger partial charge on any atom is -0.490 e. The van der Waals surface area contributed by atoms with E-state index in [1.165, 1.54) is 0 Å². The van der Waals surface area contributed by atoms with Crippen LogP contribution in [-0.2, 0) is 14.6 Å². The van der Waals surface area contributed by atoms with Crippen molar-refractivity contribution in [2.75, 3.05) is 23.8 Å². The molecule has 1 aliphatic rings. The summed E-state index contributed by atoms with van der Waals surface area (Å²) in [5.74, 6) is 0.993. The number of aromatic nitrogens is 2. The number of fused-ring (bicyclic) bond motifs is 1. The number of anilines is 1. The molecule has 1 aromatic heterocycles. The van der Waals surface area contributed by atoms with Crippen molar-refractivity contribution in [1.82, 2.24) is 9.97 Å². The van der Waals surface area contributed by atoms with Gasteiger partial charge in [-0.05, 0) is 43.7 Å². The highest BCUT2D eigenvalue weighted by molar-refractivity contribution is 8.00. The molecule has 0 saturated heterocycles. The molecule has 3 aromatic carbocycles. The number of ether oxygens (including phenoxy) is 1. The number of nitrogens with zero attached hydrogens (tertiary/aromatic N) is 2. The maximum absolute atomic E-state index is 13.5. The molecule has 5 rings (SSSR count). The van der Waals surface area contributed by atoms with Gasteiger partial charge in [0.25, 0.3) is 0 Å². The maximum atomic E-state index is 13.5. The zero-order chi connectivity index (χ0) is 25.3. The summed E-state index contributed by atoms with van der Waals surface area (Å²) in [7, 11) is -3.88. The summed E-state index contributed by atoms with van der Waals surface area (Å²) in [6.07, 6.45) is 0. The van der Waals surface area contributed by atoms with Crippen LogP contribution in [0, 0.1) is 13.8 Å². The topological polar surface area (TPSA) is 92.4 Å². The summed E-state index contributed by atoms with van der Waals surface area (Å²) >= 11 is 1.11. The Morgan fingerprint density at radius 2 is 1.75 bits per heavy atom. The van der Waals surface area contributed by atoms with Gasteiger partial charge in [0.1, 0.15) is 23.2 Å². The average molecular weight is 520 g/mol. The molecule has 4 aromatic rings. The third-order valence-corrected chi connectivity index (χ3v) is 8.71. The number of hydrogen-bond donors (Lipinski definition) is 1. The summed E-state index contributed by atoms with van der Waals surface area (Å²) in [6, 6.07) is 21.6. The van der Waals surface area contributed by atoms with Crippen molar-refractivity contribution >= 4 is 33.2 Å². The number of imidazole rings is 1. The smallest absolute Gasteiger partial charge is 0.237 e. The van der Waals surface area contributed by atoms with Crippen LogP contribution in [0.2, 0.25) is 0 Å². The Labute approximate surface area is 214 Å². The van der Waals surface area contributed by atoms with Crippen molar-refractivity contribution in [2.45, 2.75) is 28.8 Å². The van der Waals surface area contributed by atoms with Gasteiger partial charge in [-0.2, -0.15) is 0 Å². The summed E-state index contributed by atoms with van der Waals surface area (Å²) in [5.41, 5.74) is 3.60. The van der Waals surface area contributed by atoms with E-state index in [1.54, 1.807) is 35.2 Å². The standard InChI is InChI=1S/C27H25N3O4S2/c1-18-8-11-20(12-9-18)25-28-26(27(29-25)36(32,33)21-6-4-3-5-7-21)35-17-24(31)30-14-15-34-23-13-10-19(2)16-22(23)30/h3-13,16H,14-15,17H2,1-2H3,(H,28,29). The zero-order valence-corrected chi connectivity index (χ0v) is 21.5. The minimum absolute atomic E-state index is 0.0136. The number of sulfone groups is 1. The van der Waals surface area contributed by atoms with E-state index >= 15 is 0 Å². The first-order valence-corrected chi connectivity index (χ1v) is 13.9. The number of thioether (sulfide) groups is 1. The fourth-order valence-corrected chi connectivity index (χ4v) is 6.50. The van der Waals surface area contributed by atoms with Crippen molar-refractivity contribution in [3.63, 3.8) is 0 Å². The molecule has 0 fully saturated rings. The summed E-state index contributed by atoms with van der Waals surface area (Å²) < 4.78 is 32.7. The molecule has 0 bridgehead atoms. The summed E-state index contributed by atoms with van der Waals surface area (Å²) in [6.45, 7) is 4.78. The molecule has 0 unspecified atom stereocenters. The number of rotatable bonds is 6. The van der Waals surface area contributed by atoms with Crippen molar-refractivity contribution < 1.29 is 17.9 Å². The second kappa shape index (κ2) is 9.83. The first-order chi connectivity index (χ1) is 17.3. The van der Waals surface area contributed by atoms with Crippen LogP contribution in [0.5, 0.6) is 5.75 Å². The number of benzene rings is 3. The van der Waals surface area contributed by atoms with E-state index in [2.05, 4.69) is 9.97 Å². The van der Waals surface area contributed by atoms with Crippen LogP contribution in [-0.4, -0.2) is 43.2 Å². The predicted octanol–water partition coefficient (Wildman–Crippen LogP) is 5.04. The van der Waals surface area contributed by atoms with Gasteiger partial charge in [-0.1, -0.05) is 65.9 Å². The van der Waals surface area contributed by atoms with Gasteiger partial charge in [0, 0.05) is 5.56 Å². The molecule has 36 heavy (non-hydrogen) atoms. The molecule has 0 atom stereocenters. The van der Waals surface area contributed by atoms with Crippen LogP contribution < -0.4 is 9.64 Å². The Hall–Kier alpha value is -3.56. The van der Waals surface area contributed by atoms with Crippen molar-refractivity contribution in [2.24, 2.45) is 0 Å². The van der Waals surface area contributed by atoms with E-state index in [-0.39, 0.29) is 26.6 Å². The number of H-pyrrole nitrogens is 1. The normalized spacial score (nSPS) is 13.2. The molecular formula is C27H25N3O4S2. The number of aryl methyl sites for hydroxylation is 2. The van der Waals surface area contributed by atoms with Crippen LogP contribution in [0.25, 0.3) is 11.4 Å². The fourth-order valence-electron chi connectivity index (χ4n) is 3.98. The third-order valence-electron chi connectivity index (χ3n) is 5.90. The lowest BCUT2D eigenvalue weighted by atomic mass is 10.1. The number of carbonyl (C=O) groups excluding carboxylic acids is 1. The highest BCUT2D eigenvalue weighted by Gasteiger charge is 2.29. The Balaban J connectivity index is 1.47. The molecule has 2 heterocycles. The summed E-state index contributed by atoms with van der Waals surface area (Å²) in [4.78, 5) is 22.7. The van der Waals surface area contributed by atoms with Gasteiger partial charge < -0.3 is 14.6 Å². The largest absolute Gasteiger partial charge is 0.490 e. The molecule has 7 nitrogen and oxygen atoms in total. The summed E-state index contributed by atoms with van der Waals surface area (Å²) in [5, 5.41) is 0.251. The molecule has 0 spiro atoms. The molecule has 0 radical (unpaired) electrons. The first kappa shape index (κ1) is 24.1. The van der Waals surface area contributed by atoms with Gasteiger partial charge in [-0.3, -0.25) is 4.79 Å². The highest BCUT2D eigenvalue weighted by atomic mass is 32.2. The zero-order valence-electron chi connectivity index (χ0n) is 19.9. The monoisotopic (exact) mass is 519 g/mol. The van der Waals surface area contributed by atoms with Crippen LogP contribution in [0.3, 0.4) is 0 Å². The highest BCUT2D eigenvalue weighted by Crippen LogP contribution is 2.35. The van der Waals surface area contributed by atoms with E-state index in [0.29, 0.717) is 24.7 Å². The molecule has 0 aliphatic carbocycles. The van der Waals surface area contributed by atoms with E-state index < -0.39 is 9.84 Å². The number of amides is 1. The molecule has 1 amide bonds. The number of carbonyl (C=O) groups is 1. The number of nitrogens with one attached hydrogen (secondary N) is 1. The quantitative estimate of drug-likeness (QED) is 0.359. The Kier molecular flexibility index (Phi) is 6.59. The molecule has 184 valence electrons. The van der Waals surface area contributed by atoms with Crippen LogP contribution in [0.1, 0.15) is 11.1 Å². The lowest BCUT2D eigenvalue weighted by molar-refractivity contribution is -0.116. The minimum atomic E-state index is -3.88. The maximum Gasteiger partial charge on any atom is 0.237 e. The lowest BCUT2D eigenvalue weighted by Gasteiger charge is -2.29. The Morgan fingerprint density at radius 1 is 1.03 bits per heavy atom. The van der Waals surface area contributed by atoms with Crippen LogP contribution >= 0.6 is 11.8 Å². The number of hydrogen-bond acceptors (Lipinski definition) is 6. The SMILES string of the molecule is Cc1ccc(-c2nc(SCC(=O)N3CCOc4ccc(C)cc43)c(S(=O)(=O)c3ccccc3)[nH]2)cc1. The molecular weight excluding hydrogens is 494 g/mol. The van der Waals surface area contributed by atoms with E-state index in [4.69, 9.17) is 4.74 Å². The molecule has 1 aliphatic heterocycles. The number of aromatic amines is 1.